The summed E-state index contributed by atoms with van der Waals surface area (Å²) < 4.78 is 15.9. The van der Waals surface area contributed by atoms with Crippen molar-refractivity contribution < 1.29 is 19.0 Å². The van der Waals surface area contributed by atoms with Crippen LogP contribution in [0.15, 0.2) is 36.5 Å². The van der Waals surface area contributed by atoms with Crippen molar-refractivity contribution in [2.24, 2.45) is 0 Å². The van der Waals surface area contributed by atoms with Gasteiger partial charge in [0.2, 0.25) is 5.91 Å². The topological polar surface area (TPSA) is 73.8 Å². The molecule has 0 radical (unpaired) electrons. The third-order valence-corrected chi connectivity index (χ3v) is 5.13. The smallest absolute Gasteiger partial charge is 0.248 e. The van der Waals surface area contributed by atoms with Crippen molar-refractivity contribution in [2.75, 3.05) is 47.1 Å². The van der Waals surface area contributed by atoms with Crippen molar-refractivity contribution in [2.45, 2.75) is 25.2 Å². The summed E-state index contributed by atoms with van der Waals surface area (Å²) in [4.78, 5) is 23.5. The quantitative estimate of drug-likeness (QED) is 0.604. The second-order valence-electron chi connectivity index (χ2n) is 7.05. The van der Waals surface area contributed by atoms with E-state index < -0.39 is 0 Å². The molecule has 1 aromatic carbocycles. The molecule has 1 aromatic heterocycles. The third kappa shape index (κ3) is 5.74. The molecule has 1 amide bonds. The molecule has 7 heteroatoms. The molecule has 7 nitrogen and oxygen atoms in total. The number of carbonyl (C=O) groups excluding carboxylic acids is 1. The van der Waals surface area contributed by atoms with E-state index in [1.807, 2.05) is 35.2 Å². The average molecular weight is 399 g/mol. The van der Waals surface area contributed by atoms with Crippen molar-refractivity contribution >= 4 is 5.91 Å². The number of amides is 1. The van der Waals surface area contributed by atoms with Crippen LogP contribution in [0.4, 0.5) is 0 Å². The Kier molecular flexibility index (Phi) is 7.95. The number of likely N-dealkylation sites (tertiary alicyclic amines) is 1. The molecule has 2 aromatic rings. The predicted octanol–water partition coefficient (Wildman–Crippen LogP) is 2.91. The van der Waals surface area contributed by atoms with Gasteiger partial charge in [0.25, 0.3) is 0 Å². The van der Waals surface area contributed by atoms with Crippen LogP contribution in [0.1, 0.15) is 31.0 Å². The van der Waals surface area contributed by atoms with E-state index >= 15 is 0 Å². The molecule has 0 aliphatic carbocycles. The van der Waals surface area contributed by atoms with Crippen molar-refractivity contribution in [3.8, 4) is 17.0 Å². The summed E-state index contributed by atoms with van der Waals surface area (Å²) in [6.07, 6.45) is 4.30. The number of hydrogen-bond donors (Lipinski definition) is 0. The van der Waals surface area contributed by atoms with E-state index in [0.29, 0.717) is 26.3 Å². The van der Waals surface area contributed by atoms with Gasteiger partial charge in [0.1, 0.15) is 18.2 Å². The molecule has 156 valence electrons. The molecular weight excluding hydrogens is 370 g/mol. The van der Waals surface area contributed by atoms with E-state index in [1.165, 1.54) is 0 Å². The average Bonchev–Trinajstić information content (AvgIpc) is 2.79. The Morgan fingerprint density at radius 3 is 2.69 bits per heavy atom. The summed E-state index contributed by atoms with van der Waals surface area (Å²) in [5, 5.41) is 0. The zero-order valence-corrected chi connectivity index (χ0v) is 17.2. The molecule has 2 heterocycles. The lowest BCUT2D eigenvalue weighted by molar-refractivity contribution is -0.137. The summed E-state index contributed by atoms with van der Waals surface area (Å²) in [5.74, 6) is 1.92. The first-order valence-electron chi connectivity index (χ1n) is 10.0. The number of para-hydroxylation sites is 1. The molecule has 0 unspecified atom stereocenters. The van der Waals surface area contributed by atoms with E-state index in [1.54, 1.807) is 20.4 Å². The minimum atomic E-state index is 0.0459. The molecule has 0 spiro atoms. The lowest BCUT2D eigenvalue weighted by Crippen LogP contribution is -2.40. The zero-order valence-electron chi connectivity index (χ0n) is 17.2. The van der Waals surface area contributed by atoms with Crippen LogP contribution in [0.25, 0.3) is 11.3 Å². The molecule has 1 saturated heterocycles. The lowest BCUT2D eigenvalue weighted by Gasteiger charge is -2.31. The fourth-order valence-electron chi connectivity index (χ4n) is 3.52. The Morgan fingerprint density at radius 2 is 1.93 bits per heavy atom. The Hall–Kier alpha value is -2.51. The van der Waals surface area contributed by atoms with E-state index in [0.717, 1.165) is 42.1 Å². The first-order valence-corrected chi connectivity index (χ1v) is 10.0. The van der Waals surface area contributed by atoms with Crippen molar-refractivity contribution in [1.29, 1.82) is 0 Å². The maximum absolute atomic E-state index is 12.3. The Balaban J connectivity index is 1.55. The number of piperidine rings is 1. The number of carbonyl (C=O) groups is 1. The van der Waals surface area contributed by atoms with Gasteiger partial charge in [-0.05, 0) is 37.5 Å². The molecule has 0 bridgehead atoms. The zero-order chi connectivity index (χ0) is 20.5. The Labute approximate surface area is 172 Å². The van der Waals surface area contributed by atoms with Crippen molar-refractivity contribution in [1.82, 2.24) is 14.9 Å². The van der Waals surface area contributed by atoms with Crippen LogP contribution in [0.3, 0.4) is 0 Å². The predicted molar refractivity (Wildman–Crippen MR) is 110 cm³/mol. The molecular formula is C22H29N3O4. The van der Waals surface area contributed by atoms with Crippen molar-refractivity contribution in [3.05, 3.63) is 42.4 Å². The lowest BCUT2D eigenvalue weighted by atomic mass is 9.95. The van der Waals surface area contributed by atoms with Crippen LogP contribution in [-0.2, 0) is 14.3 Å². The fraction of sp³-hybridized carbons (Fsp3) is 0.500. The van der Waals surface area contributed by atoms with Gasteiger partial charge in [0.05, 0.1) is 12.8 Å². The van der Waals surface area contributed by atoms with Crippen LogP contribution in [0.2, 0.25) is 0 Å². The number of ether oxygens (including phenoxy) is 3. The van der Waals surface area contributed by atoms with Crippen LogP contribution in [0, 0.1) is 0 Å². The second-order valence-corrected chi connectivity index (χ2v) is 7.05. The van der Waals surface area contributed by atoms with Crippen LogP contribution < -0.4 is 4.74 Å². The SMILES string of the molecule is COCCCOCC(=O)N1CCC(c2nccc(-c3ccccc3OC)n2)CC1. The highest BCUT2D eigenvalue weighted by molar-refractivity contribution is 5.77. The normalized spacial score (nSPS) is 14.8. The number of hydrogen-bond acceptors (Lipinski definition) is 6. The number of aromatic nitrogens is 2. The number of benzene rings is 1. The summed E-state index contributed by atoms with van der Waals surface area (Å²) in [7, 11) is 3.32. The van der Waals surface area contributed by atoms with Gasteiger partial charge in [-0.2, -0.15) is 0 Å². The van der Waals surface area contributed by atoms with E-state index in [-0.39, 0.29) is 18.4 Å². The van der Waals surface area contributed by atoms with Gasteiger partial charge >= 0.3 is 0 Å². The van der Waals surface area contributed by atoms with E-state index in [2.05, 4.69) is 4.98 Å². The Bertz CT molecular complexity index is 791. The standard InChI is InChI=1S/C22H29N3O4/c1-27-14-5-15-29-16-21(26)25-12-9-17(10-13-25)22-23-11-8-19(24-22)18-6-3-4-7-20(18)28-2/h3-4,6-8,11,17H,5,9-10,12-16H2,1-2H3. The van der Waals surface area contributed by atoms with Gasteiger partial charge in [0, 0.05) is 51.1 Å². The first-order chi connectivity index (χ1) is 14.2. The van der Waals surface area contributed by atoms with Gasteiger partial charge in [0.15, 0.2) is 0 Å². The minimum Gasteiger partial charge on any atom is -0.496 e. The molecule has 3 rings (SSSR count). The highest BCUT2D eigenvalue weighted by atomic mass is 16.5. The second kappa shape index (κ2) is 10.9. The highest BCUT2D eigenvalue weighted by Gasteiger charge is 2.25. The fourth-order valence-corrected chi connectivity index (χ4v) is 3.52. The largest absolute Gasteiger partial charge is 0.496 e. The van der Waals surface area contributed by atoms with Gasteiger partial charge in [-0.15, -0.1) is 0 Å². The molecule has 29 heavy (non-hydrogen) atoms. The van der Waals surface area contributed by atoms with E-state index in [9.17, 15) is 4.79 Å². The van der Waals surface area contributed by atoms with Crippen molar-refractivity contribution in [3.63, 3.8) is 0 Å². The molecule has 0 saturated carbocycles. The van der Waals surface area contributed by atoms with Gasteiger partial charge < -0.3 is 19.1 Å². The van der Waals surface area contributed by atoms with Crippen LogP contribution in [-0.4, -0.2) is 67.9 Å². The first kappa shape index (κ1) is 21.2. The van der Waals surface area contributed by atoms with Crippen LogP contribution >= 0.6 is 0 Å². The van der Waals surface area contributed by atoms with Gasteiger partial charge in [-0.1, -0.05) is 12.1 Å². The summed E-state index contributed by atoms with van der Waals surface area (Å²) >= 11 is 0. The summed E-state index contributed by atoms with van der Waals surface area (Å²) in [6, 6.07) is 9.75. The monoisotopic (exact) mass is 399 g/mol. The molecule has 1 aliphatic heterocycles. The number of rotatable bonds is 9. The van der Waals surface area contributed by atoms with Gasteiger partial charge in [-0.25, -0.2) is 9.97 Å². The van der Waals surface area contributed by atoms with Crippen LogP contribution in [0.5, 0.6) is 5.75 Å². The summed E-state index contributed by atoms with van der Waals surface area (Å²) in [6.45, 7) is 2.72. The maximum Gasteiger partial charge on any atom is 0.248 e. The molecule has 1 fully saturated rings. The minimum absolute atomic E-state index is 0.0459. The third-order valence-electron chi connectivity index (χ3n) is 5.13. The molecule has 1 aliphatic rings. The maximum atomic E-state index is 12.3. The summed E-state index contributed by atoms with van der Waals surface area (Å²) in [5.41, 5.74) is 1.81. The highest BCUT2D eigenvalue weighted by Crippen LogP contribution is 2.30. The van der Waals surface area contributed by atoms with Gasteiger partial charge in [-0.3, -0.25) is 4.79 Å². The Morgan fingerprint density at radius 1 is 1.14 bits per heavy atom. The molecule has 0 N–H and O–H groups in total. The number of methoxy groups -OCH3 is 2. The number of nitrogens with zero attached hydrogens (tertiary/aromatic N) is 3. The van der Waals surface area contributed by atoms with E-state index in [4.69, 9.17) is 19.2 Å². The molecule has 0 atom stereocenters.